The molecule has 0 saturated carbocycles. The van der Waals surface area contributed by atoms with Gasteiger partial charge in [0.25, 0.3) is 5.91 Å². The lowest BCUT2D eigenvalue weighted by molar-refractivity contribution is -0.136. The van der Waals surface area contributed by atoms with Crippen molar-refractivity contribution >= 4 is 40.8 Å². The van der Waals surface area contributed by atoms with Crippen LogP contribution in [0.2, 0.25) is 10.0 Å². The lowest BCUT2D eigenvalue weighted by Crippen LogP contribution is -2.31. The Kier molecular flexibility index (Phi) is 5.28. The highest BCUT2D eigenvalue weighted by molar-refractivity contribution is 6.42. The first-order chi connectivity index (χ1) is 10.5. The summed E-state index contributed by atoms with van der Waals surface area (Å²) in [5, 5.41) is 12.6. The maximum absolute atomic E-state index is 12.3. The van der Waals surface area contributed by atoms with Crippen molar-refractivity contribution in [3.05, 3.63) is 39.5 Å². The number of amides is 1. The van der Waals surface area contributed by atoms with Gasteiger partial charge in [-0.2, -0.15) is 0 Å². The topological polar surface area (TPSA) is 78.9 Å². The number of anilines is 1. The summed E-state index contributed by atoms with van der Waals surface area (Å²) in [5.41, 5.74) is 0.829. The molecule has 1 aliphatic heterocycles. The van der Waals surface area contributed by atoms with Gasteiger partial charge in [-0.25, -0.2) is 4.79 Å². The average Bonchev–Trinajstić information content (AvgIpc) is 2.80. The molecule has 1 aliphatic rings. The maximum atomic E-state index is 12.3. The molecule has 0 aromatic heterocycles. The van der Waals surface area contributed by atoms with Gasteiger partial charge in [0.2, 0.25) is 0 Å². The van der Waals surface area contributed by atoms with Crippen LogP contribution in [0.3, 0.4) is 0 Å². The first-order valence-corrected chi connectivity index (χ1v) is 7.17. The van der Waals surface area contributed by atoms with E-state index in [2.05, 4.69) is 5.32 Å². The molecule has 0 radical (unpaired) electrons. The second-order valence-electron chi connectivity index (χ2n) is 4.55. The van der Waals surface area contributed by atoms with Gasteiger partial charge in [0, 0.05) is 12.2 Å². The SMILES string of the molecule is COC(=O)C1=C(Nc2ccc(Cl)c(Cl)c2)C(=O)N(CCO)C1. The highest BCUT2D eigenvalue weighted by Crippen LogP contribution is 2.28. The number of aliphatic hydroxyl groups is 1. The van der Waals surface area contributed by atoms with Crippen molar-refractivity contribution in [1.29, 1.82) is 0 Å². The molecule has 2 N–H and O–H groups in total. The Balaban J connectivity index is 2.32. The molecule has 1 amide bonds. The van der Waals surface area contributed by atoms with Crippen molar-refractivity contribution in [2.45, 2.75) is 0 Å². The molecule has 0 bridgehead atoms. The first kappa shape index (κ1) is 16.6. The molecule has 118 valence electrons. The third kappa shape index (κ3) is 3.35. The lowest BCUT2D eigenvalue weighted by atomic mass is 10.2. The number of hydrogen-bond acceptors (Lipinski definition) is 5. The van der Waals surface area contributed by atoms with Crippen LogP contribution in [0.25, 0.3) is 0 Å². The van der Waals surface area contributed by atoms with Crippen LogP contribution in [0.4, 0.5) is 5.69 Å². The zero-order chi connectivity index (χ0) is 16.3. The normalized spacial score (nSPS) is 14.5. The molecule has 0 fully saturated rings. The highest BCUT2D eigenvalue weighted by atomic mass is 35.5. The van der Waals surface area contributed by atoms with Crippen LogP contribution in [0.5, 0.6) is 0 Å². The van der Waals surface area contributed by atoms with E-state index in [4.69, 9.17) is 33.0 Å². The Hall–Kier alpha value is -1.76. The fraction of sp³-hybridized carbons (Fsp3) is 0.286. The summed E-state index contributed by atoms with van der Waals surface area (Å²) >= 11 is 11.8. The largest absolute Gasteiger partial charge is 0.466 e. The highest BCUT2D eigenvalue weighted by Gasteiger charge is 2.34. The van der Waals surface area contributed by atoms with Crippen molar-refractivity contribution < 1.29 is 19.4 Å². The van der Waals surface area contributed by atoms with Crippen LogP contribution in [-0.2, 0) is 14.3 Å². The number of β-amino-alcohol motifs (C(OH)–C–C–N with tert-alkyl or cyclic N) is 1. The Morgan fingerprint density at radius 3 is 2.73 bits per heavy atom. The van der Waals surface area contributed by atoms with Gasteiger partial charge in [0.1, 0.15) is 5.70 Å². The van der Waals surface area contributed by atoms with Gasteiger partial charge in [-0.05, 0) is 18.2 Å². The molecule has 1 heterocycles. The molecular weight excluding hydrogens is 331 g/mol. The number of nitrogens with one attached hydrogen (secondary N) is 1. The van der Waals surface area contributed by atoms with Crippen LogP contribution in [-0.4, -0.2) is 48.7 Å². The number of benzene rings is 1. The van der Waals surface area contributed by atoms with Crippen LogP contribution >= 0.6 is 23.2 Å². The van der Waals surface area contributed by atoms with E-state index in [0.717, 1.165) is 0 Å². The molecule has 0 aliphatic carbocycles. The Labute approximate surface area is 137 Å². The van der Waals surface area contributed by atoms with Crippen molar-refractivity contribution in [2.24, 2.45) is 0 Å². The van der Waals surface area contributed by atoms with E-state index in [1.165, 1.54) is 12.0 Å². The fourth-order valence-electron chi connectivity index (χ4n) is 2.07. The fourth-order valence-corrected chi connectivity index (χ4v) is 2.37. The van der Waals surface area contributed by atoms with E-state index in [0.29, 0.717) is 15.7 Å². The predicted octanol–water partition coefficient (Wildman–Crippen LogP) is 1.67. The lowest BCUT2D eigenvalue weighted by Gasteiger charge is -2.15. The zero-order valence-electron chi connectivity index (χ0n) is 11.7. The van der Waals surface area contributed by atoms with Crippen molar-refractivity contribution in [3.8, 4) is 0 Å². The summed E-state index contributed by atoms with van der Waals surface area (Å²) in [5.74, 6) is -0.989. The summed E-state index contributed by atoms with van der Waals surface area (Å²) in [6.07, 6.45) is 0. The molecule has 0 saturated heterocycles. The molecule has 0 atom stereocenters. The van der Waals surface area contributed by atoms with Crippen molar-refractivity contribution in [3.63, 3.8) is 0 Å². The molecule has 2 rings (SSSR count). The number of aliphatic hydroxyl groups excluding tert-OH is 1. The van der Waals surface area contributed by atoms with Gasteiger partial charge in [0.15, 0.2) is 0 Å². The summed E-state index contributed by atoms with van der Waals surface area (Å²) in [6.45, 7) is 0.0157. The number of carbonyl (C=O) groups excluding carboxylic acids is 2. The maximum Gasteiger partial charge on any atom is 0.337 e. The quantitative estimate of drug-likeness (QED) is 0.794. The number of ether oxygens (including phenoxy) is 1. The number of hydrogen-bond donors (Lipinski definition) is 2. The Bertz CT molecular complexity index is 646. The van der Waals surface area contributed by atoms with Gasteiger partial charge >= 0.3 is 5.97 Å². The first-order valence-electron chi connectivity index (χ1n) is 6.41. The van der Waals surface area contributed by atoms with Gasteiger partial charge in [-0.3, -0.25) is 4.79 Å². The van der Waals surface area contributed by atoms with Crippen LogP contribution in [0.15, 0.2) is 29.5 Å². The van der Waals surface area contributed by atoms with Gasteiger partial charge < -0.3 is 20.1 Å². The summed E-state index contributed by atoms with van der Waals surface area (Å²) < 4.78 is 4.69. The van der Waals surface area contributed by atoms with E-state index in [1.54, 1.807) is 18.2 Å². The minimum atomic E-state index is -0.601. The molecular formula is C14H14Cl2N2O4. The average molecular weight is 345 g/mol. The molecule has 8 heteroatoms. The smallest absolute Gasteiger partial charge is 0.337 e. The molecule has 6 nitrogen and oxygen atoms in total. The van der Waals surface area contributed by atoms with Gasteiger partial charge in [-0.15, -0.1) is 0 Å². The monoisotopic (exact) mass is 344 g/mol. The van der Waals surface area contributed by atoms with Crippen molar-refractivity contribution in [1.82, 2.24) is 4.90 Å². The second kappa shape index (κ2) is 7.00. The van der Waals surface area contributed by atoms with E-state index in [1.807, 2.05) is 0 Å². The number of carbonyl (C=O) groups is 2. The Morgan fingerprint density at radius 2 is 2.14 bits per heavy atom. The standard InChI is InChI=1S/C14H14Cl2N2O4/c1-22-14(21)9-7-18(4-5-19)13(20)12(9)17-8-2-3-10(15)11(16)6-8/h2-3,6,17,19H,4-5,7H2,1H3. The summed E-state index contributed by atoms with van der Waals surface area (Å²) in [4.78, 5) is 25.5. The minimum Gasteiger partial charge on any atom is -0.466 e. The van der Waals surface area contributed by atoms with E-state index in [9.17, 15) is 9.59 Å². The number of halogens is 2. The second-order valence-corrected chi connectivity index (χ2v) is 5.36. The molecule has 1 aromatic carbocycles. The minimum absolute atomic E-state index is 0.0791. The van der Waals surface area contributed by atoms with E-state index < -0.39 is 5.97 Å². The van der Waals surface area contributed by atoms with Gasteiger partial charge in [-0.1, -0.05) is 23.2 Å². The van der Waals surface area contributed by atoms with E-state index in [-0.39, 0.29) is 36.9 Å². The summed E-state index contributed by atoms with van der Waals surface area (Å²) in [6, 6.07) is 4.77. The summed E-state index contributed by atoms with van der Waals surface area (Å²) in [7, 11) is 1.24. The number of esters is 1. The molecule has 1 aromatic rings. The van der Waals surface area contributed by atoms with Crippen molar-refractivity contribution in [2.75, 3.05) is 32.1 Å². The van der Waals surface area contributed by atoms with E-state index >= 15 is 0 Å². The third-order valence-corrected chi connectivity index (χ3v) is 3.88. The number of rotatable bonds is 5. The zero-order valence-corrected chi connectivity index (χ0v) is 13.2. The third-order valence-electron chi connectivity index (χ3n) is 3.14. The molecule has 22 heavy (non-hydrogen) atoms. The molecule has 0 unspecified atom stereocenters. The number of nitrogens with zero attached hydrogens (tertiary/aromatic N) is 1. The Morgan fingerprint density at radius 1 is 1.41 bits per heavy atom. The predicted molar refractivity (Wildman–Crippen MR) is 82.8 cm³/mol. The van der Waals surface area contributed by atoms with Crippen LogP contribution in [0, 0.1) is 0 Å². The van der Waals surface area contributed by atoms with Gasteiger partial charge in [0.05, 0.1) is 35.9 Å². The number of methoxy groups -OCH3 is 1. The molecule has 0 spiro atoms. The van der Waals surface area contributed by atoms with Crippen LogP contribution < -0.4 is 5.32 Å². The van der Waals surface area contributed by atoms with Crippen LogP contribution in [0.1, 0.15) is 0 Å².